The standard InChI is InChI=1S/C24H27NO6/c1-16(2)14-31-24(29)25-13-20(26)12-21(25)23(28)30-15-22(27)19-10-8-18(9-11-19)17-6-4-3-5-7-17/h3-11,16,20-21,26H,12-15H2,1-2H3/t20-,21+/m1/s1. The summed E-state index contributed by atoms with van der Waals surface area (Å²) in [4.78, 5) is 38.3. The number of esters is 1. The Labute approximate surface area is 181 Å². The lowest BCUT2D eigenvalue weighted by Gasteiger charge is -2.22. The van der Waals surface area contributed by atoms with Gasteiger partial charge in [0, 0.05) is 12.0 Å². The zero-order valence-electron chi connectivity index (χ0n) is 17.7. The molecule has 0 unspecified atom stereocenters. The molecule has 2 atom stereocenters. The van der Waals surface area contributed by atoms with Gasteiger partial charge in [0.25, 0.3) is 0 Å². The molecule has 0 aromatic heterocycles. The summed E-state index contributed by atoms with van der Waals surface area (Å²) in [6.07, 6.45) is -1.46. The van der Waals surface area contributed by atoms with E-state index < -0.39 is 30.8 Å². The van der Waals surface area contributed by atoms with E-state index in [1.54, 1.807) is 12.1 Å². The van der Waals surface area contributed by atoms with E-state index in [1.165, 1.54) is 0 Å². The summed E-state index contributed by atoms with van der Waals surface area (Å²) in [7, 11) is 0. The summed E-state index contributed by atoms with van der Waals surface area (Å²) >= 11 is 0. The predicted molar refractivity (Wildman–Crippen MR) is 114 cm³/mol. The molecule has 0 saturated carbocycles. The second kappa shape index (κ2) is 10.2. The number of hydrogen-bond donors (Lipinski definition) is 1. The van der Waals surface area contributed by atoms with Crippen LogP contribution in [0.25, 0.3) is 11.1 Å². The number of aliphatic hydroxyl groups is 1. The Balaban J connectivity index is 1.56. The third kappa shape index (κ3) is 5.92. The van der Waals surface area contributed by atoms with Gasteiger partial charge in [-0.2, -0.15) is 0 Å². The second-order valence-electron chi connectivity index (χ2n) is 8.00. The first-order chi connectivity index (χ1) is 14.8. The maximum absolute atomic E-state index is 12.5. The number of Topliss-reactive ketones (excluding diaryl/α,β-unsaturated/α-hetero) is 1. The fraction of sp³-hybridized carbons (Fsp3) is 0.375. The lowest BCUT2D eigenvalue weighted by Crippen LogP contribution is -2.42. The molecule has 1 fully saturated rings. The van der Waals surface area contributed by atoms with E-state index >= 15 is 0 Å². The SMILES string of the molecule is CC(C)COC(=O)N1C[C@H](O)C[C@H]1C(=O)OCC(=O)c1ccc(-c2ccccc2)cc1. The molecule has 1 N–H and O–H groups in total. The number of benzene rings is 2. The normalized spacial score (nSPS) is 18.1. The van der Waals surface area contributed by atoms with Crippen molar-refractivity contribution in [3.8, 4) is 11.1 Å². The van der Waals surface area contributed by atoms with Crippen LogP contribution < -0.4 is 0 Å². The summed E-state index contributed by atoms with van der Waals surface area (Å²) in [6.45, 7) is 3.56. The van der Waals surface area contributed by atoms with Crippen LogP contribution in [0.1, 0.15) is 30.6 Å². The van der Waals surface area contributed by atoms with Crippen LogP contribution in [0.2, 0.25) is 0 Å². The largest absolute Gasteiger partial charge is 0.456 e. The maximum atomic E-state index is 12.5. The van der Waals surface area contributed by atoms with E-state index in [2.05, 4.69) is 0 Å². The van der Waals surface area contributed by atoms with Gasteiger partial charge in [-0.05, 0) is 17.0 Å². The molecule has 1 saturated heterocycles. The molecular formula is C24H27NO6. The molecule has 0 spiro atoms. The molecule has 7 nitrogen and oxygen atoms in total. The highest BCUT2D eigenvalue weighted by Gasteiger charge is 2.41. The lowest BCUT2D eigenvalue weighted by atomic mass is 10.0. The Kier molecular flexibility index (Phi) is 7.41. The third-order valence-corrected chi connectivity index (χ3v) is 4.99. The fourth-order valence-corrected chi connectivity index (χ4v) is 3.36. The number of likely N-dealkylation sites (tertiary alicyclic amines) is 1. The van der Waals surface area contributed by atoms with E-state index in [-0.39, 0.29) is 31.3 Å². The molecule has 2 aromatic carbocycles. The average molecular weight is 425 g/mol. The van der Waals surface area contributed by atoms with Gasteiger partial charge in [0.2, 0.25) is 0 Å². The third-order valence-electron chi connectivity index (χ3n) is 4.99. The van der Waals surface area contributed by atoms with Crippen LogP contribution in [0.5, 0.6) is 0 Å². The average Bonchev–Trinajstić information content (AvgIpc) is 3.18. The van der Waals surface area contributed by atoms with Crippen molar-refractivity contribution in [3.63, 3.8) is 0 Å². The van der Waals surface area contributed by atoms with Crippen LogP contribution in [0, 0.1) is 5.92 Å². The van der Waals surface area contributed by atoms with Crippen molar-refractivity contribution in [2.24, 2.45) is 5.92 Å². The van der Waals surface area contributed by atoms with E-state index in [4.69, 9.17) is 9.47 Å². The van der Waals surface area contributed by atoms with Crippen molar-refractivity contribution >= 4 is 17.8 Å². The number of nitrogens with zero attached hydrogens (tertiary/aromatic N) is 1. The summed E-state index contributed by atoms with van der Waals surface area (Å²) in [5.41, 5.74) is 2.44. The molecule has 0 radical (unpaired) electrons. The number of aliphatic hydroxyl groups excluding tert-OH is 1. The Morgan fingerprint density at radius 3 is 2.29 bits per heavy atom. The van der Waals surface area contributed by atoms with Crippen molar-refractivity contribution < 1.29 is 29.0 Å². The first-order valence-corrected chi connectivity index (χ1v) is 10.3. The molecule has 0 bridgehead atoms. The molecule has 1 heterocycles. The molecular weight excluding hydrogens is 398 g/mol. The monoisotopic (exact) mass is 425 g/mol. The highest BCUT2D eigenvalue weighted by molar-refractivity contribution is 5.98. The molecule has 1 amide bonds. The molecule has 31 heavy (non-hydrogen) atoms. The maximum Gasteiger partial charge on any atom is 0.410 e. The van der Waals surface area contributed by atoms with Gasteiger partial charge in [0.15, 0.2) is 12.4 Å². The van der Waals surface area contributed by atoms with E-state index in [9.17, 15) is 19.5 Å². The highest BCUT2D eigenvalue weighted by Crippen LogP contribution is 2.22. The number of amides is 1. The summed E-state index contributed by atoms with van der Waals surface area (Å²) in [6, 6.07) is 15.9. The van der Waals surface area contributed by atoms with Crippen molar-refractivity contribution in [1.82, 2.24) is 4.90 Å². The zero-order valence-corrected chi connectivity index (χ0v) is 17.7. The highest BCUT2D eigenvalue weighted by atomic mass is 16.6. The number of carbonyl (C=O) groups is 3. The molecule has 1 aliphatic heterocycles. The predicted octanol–water partition coefficient (Wildman–Crippen LogP) is 3.31. The van der Waals surface area contributed by atoms with Gasteiger partial charge in [-0.25, -0.2) is 9.59 Å². The number of carbonyl (C=O) groups excluding carboxylic acids is 3. The van der Waals surface area contributed by atoms with Gasteiger partial charge in [-0.3, -0.25) is 9.69 Å². The Hall–Kier alpha value is -3.19. The minimum Gasteiger partial charge on any atom is -0.456 e. The van der Waals surface area contributed by atoms with Gasteiger partial charge >= 0.3 is 12.1 Å². The smallest absolute Gasteiger partial charge is 0.410 e. The van der Waals surface area contributed by atoms with E-state index in [1.807, 2.05) is 56.3 Å². The summed E-state index contributed by atoms with van der Waals surface area (Å²) < 4.78 is 10.3. The first-order valence-electron chi connectivity index (χ1n) is 10.3. The van der Waals surface area contributed by atoms with E-state index in [0.29, 0.717) is 5.56 Å². The quantitative estimate of drug-likeness (QED) is 0.540. The van der Waals surface area contributed by atoms with Crippen molar-refractivity contribution in [3.05, 3.63) is 60.2 Å². The van der Waals surface area contributed by atoms with Crippen molar-refractivity contribution in [2.45, 2.75) is 32.4 Å². The molecule has 2 aromatic rings. The minimum atomic E-state index is -0.970. The number of ketones is 1. The molecule has 0 aliphatic carbocycles. The van der Waals surface area contributed by atoms with Gasteiger partial charge in [0.05, 0.1) is 19.3 Å². The van der Waals surface area contributed by atoms with Gasteiger partial charge in [-0.15, -0.1) is 0 Å². The Morgan fingerprint density at radius 1 is 1.00 bits per heavy atom. The van der Waals surface area contributed by atoms with Crippen LogP contribution in [0.4, 0.5) is 4.79 Å². The molecule has 7 heteroatoms. The van der Waals surface area contributed by atoms with Gasteiger partial charge in [-0.1, -0.05) is 68.4 Å². The first kappa shape index (κ1) is 22.5. The van der Waals surface area contributed by atoms with Crippen molar-refractivity contribution in [1.29, 1.82) is 0 Å². The van der Waals surface area contributed by atoms with Gasteiger partial charge in [0.1, 0.15) is 6.04 Å². The molecule has 1 aliphatic rings. The fourth-order valence-electron chi connectivity index (χ4n) is 3.36. The van der Waals surface area contributed by atoms with Crippen LogP contribution in [0.15, 0.2) is 54.6 Å². The molecule has 164 valence electrons. The topological polar surface area (TPSA) is 93.1 Å². The van der Waals surface area contributed by atoms with Crippen LogP contribution in [-0.2, 0) is 14.3 Å². The van der Waals surface area contributed by atoms with Gasteiger partial charge < -0.3 is 14.6 Å². The van der Waals surface area contributed by atoms with E-state index in [0.717, 1.165) is 16.0 Å². The minimum absolute atomic E-state index is 0.00834. The summed E-state index contributed by atoms with van der Waals surface area (Å²) in [5.74, 6) is -0.930. The van der Waals surface area contributed by atoms with Crippen molar-refractivity contribution in [2.75, 3.05) is 19.8 Å². The second-order valence-corrected chi connectivity index (χ2v) is 8.00. The number of rotatable bonds is 7. The number of hydrogen-bond acceptors (Lipinski definition) is 6. The Morgan fingerprint density at radius 2 is 1.65 bits per heavy atom. The lowest BCUT2D eigenvalue weighted by molar-refractivity contribution is -0.147. The zero-order chi connectivity index (χ0) is 22.4. The number of ether oxygens (including phenoxy) is 2. The van der Waals surface area contributed by atoms with Crippen LogP contribution in [-0.4, -0.2) is 59.8 Å². The molecule has 3 rings (SSSR count). The van der Waals surface area contributed by atoms with Crippen LogP contribution >= 0.6 is 0 Å². The Bertz CT molecular complexity index is 909. The number of β-amino-alcohol motifs (C(OH)–C–C–N with tert-alkyl or cyclic N) is 1. The van der Waals surface area contributed by atoms with Crippen LogP contribution in [0.3, 0.4) is 0 Å². The summed E-state index contributed by atoms with van der Waals surface area (Å²) in [5, 5.41) is 9.90.